The molecular formula is C12H22N4. The molecule has 0 aromatic carbocycles. The Kier molecular flexibility index (Phi) is 3.30. The van der Waals surface area contributed by atoms with Crippen LogP contribution >= 0.6 is 0 Å². The molecule has 0 spiro atoms. The van der Waals surface area contributed by atoms with E-state index in [4.69, 9.17) is 5.73 Å². The van der Waals surface area contributed by atoms with E-state index in [9.17, 15) is 0 Å². The number of nitrogens with two attached hydrogens (primary N) is 1. The Morgan fingerprint density at radius 3 is 2.94 bits per heavy atom. The van der Waals surface area contributed by atoms with Crippen molar-refractivity contribution in [1.82, 2.24) is 14.5 Å². The van der Waals surface area contributed by atoms with Gasteiger partial charge in [0.25, 0.3) is 0 Å². The third kappa shape index (κ3) is 2.44. The van der Waals surface area contributed by atoms with Crippen LogP contribution in [0, 0.1) is 0 Å². The molecule has 0 aliphatic carbocycles. The first-order chi connectivity index (χ1) is 7.62. The maximum absolute atomic E-state index is 5.52. The van der Waals surface area contributed by atoms with Crippen LogP contribution in [0.1, 0.15) is 32.4 Å². The molecule has 1 fully saturated rings. The van der Waals surface area contributed by atoms with Crippen LogP contribution in [-0.2, 0) is 13.1 Å². The Morgan fingerprint density at radius 1 is 1.50 bits per heavy atom. The molecule has 1 aliphatic rings. The lowest BCUT2D eigenvalue weighted by atomic mass is 10.0. The maximum Gasteiger partial charge on any atom is 0.0950 e. The van der Waals surface area contributed by atoms with Gasteiger partial charge in [-0.05, 0) is 33.2 Å². The largest absolute Gasteiger partial charge is 0.336 e. The Balaban J connectivity index is 1.98. The highest BCUT2D eigenvalue weighted by atomic mass is 15.2. The van der Waals surface area contributed by atoms with E-state index < -0.39 is 0 Å². The Hall–Kier alpha value is -0.870. The molecule has 1 aromatic rings. The predicted octanol–water partition coefficient (Wildman–Crippen LogP) is 1.22. The molecule has 0 unspecified atom stereocenters. The van der Waals surface area contributed by atoms with Gasteiger partial charge in [0.2, 0.25) is 0 Å². The monoisotopic (exact) mass is 222 g/mol. The van der Waals surface area contributed by atoms with Crippen molar-refractivity contribution in [3.05, 3.63) is 18.2 Å². The quantitative estimate of drug-likeness (QED) is 0.833. The number of hydrogen-bond donors (Lipinski definition) is 1. The third-order valence-corrected chi connectivity index (χ3v) is 3.50. The number of imidazole rings is 1. The minimum absolute atomic E-state index is 0.331. The molecule has 4 nitrogen and oxygen atoms in total. The summed E-state index contributed by atoms with van der Waals surface area (Å²) in [6, 6.07) is 0. The zero-order valence-electron chi connectivity index (χ0n) is 10.3. The topological polar surface area (TPSA) is 47.1 Å². The molecule has 2 rings (SSSR count). The SMILES string of the molecule is CC1(C)CCCN1Cc1cn(CCN)cn1. The van der Waals surface area contributed by atoms with Crippen molar-refractivity contribution in [2.24, 2.45) is 5.73 Å². The predicted molar refractivity (Wildman–Crippen MR) is 65.0 cm³/mol. The summed E-state index contributed by atoms with van der Waals surface area (Å²) in [7, 11) is 0. The van der Waals surface area contributed by atoms with Crippen molar-refractivity contribution >= 4 is 0 Å². The van der Waals surface area contributed by atoms with Crippen molar-refractivity contribution in [3.8, 4) is 0 Å². The molecule has 0 atom stereocenters. The third-order valence-electron chi connectivity index (χ3n) is 3.50. The molecule has 2 N–H and O–H groups in total. The Labute approximate surface area is 97.4 Å². The zero-order chi connectivity index (χ0) is 11.6. The zero-order valence-corrected chi connectivity index (χ0v) is 10.3. The van der Waals surface area contributed by atoms with E-state index in [-0.39, 0.29) is 0 Å². The summed E-state index contributed by atoms with van der Waals surface area (Å²) in [6.07, 6.45) is 6.58. The molecule has 0 saturated carbocycles. The van der Waals surface area contributed by atoms with Crippen LogP contribution in [0.15, 0.2) is 12.5 Å². The van der Waals surface area contributed by atoms with E-state index >= 15 is 0 Å². The first-order valence-electron chi connectivity index (χ1n) is 6.07. The molecule has 2 heterocycles. The summed E-state index contributed by atoms with van der Waals surface area (Å²) >= 11 is 0. The van der Waals surface area contributed by atoms with Crippen LogP contribution in [0.25, 0.3) is 0 Å². The van der Waals surface area contributed by atoms with Gasteiger partial charge < -0.3 is 10.3 Å². The second kappa shape index (κ2) is 4.55. The van der Waals surface area contributed by atoms with Crippen LogP contribution in [0.4, 0.5) is 0 Å². The Morgan fingerprint density at radius 2 is 2.31 bits per heavy atom. The van der Waals surface area contributed by atoms with Gasteiger partial charge in [-0.15, -0.1) is 0 Å². The van der Waals surface area contributed by atoms with E-state index in [1.165, 1.54) is 19.4 Å². The molecule has 1 aromatic heterocycles. The summed E-state index contributed by atoms with van der Waals surface area (Å²) in [6.45, 7) is 8.32. The fourth-order valence-electron chi connectivity index (χ4n) is 2.41. The molecule has 90 valence electrons. The normalized spacial score (nSPS) is 20.4. The summed E-state index contributed by atoms with van der Waals surface area (Å²) in [5, 5.41) is 0. The first kappa shape index (κ1) is 11.6. The highest BCUT2D eigenvalue weighted by Gasteiger charge is 2.31. The van der Waals surface area contributed by atoms with Crippen molar-refractivity contribution < 1.29 is 0 Å². The molecule has 16 heavy (non-hydrogen) atoms. The molecule has 1 aliphatic heterocycles. The van der Waals surface area contributed by atoms with E-state index in [0.29, 0.717) is 12.1 Å². The van der Waals surface area contributed by atoms with Crippen LogP contribution in [0.3, 0.4) is 0 Å². The minimum atomic E-state index is 0.331. The van der Waals surface area contributed by atoms with Crippen molar-refractivity contribution in [2.45, 2.75) is 45.3 Å². The molecular weight excluding hydrogens is 200 g/mol. The number of nitrogens with zero attached hydrogens (tertiary/aromatic N) is 3. The molecule has 4 heteroatoms. The average Bonchev–Trinajstić information content (AvgIpc) is 2.76. The summed E-state index contributed by atoms with van der Waals surface area (Å²) in [5.41, 5.74) is 7.00. The number of likely N-dealkylation sites (tertiary alicyclic amines) is 1. The number of hydrogen-bond acceptors (Lipinski definition) is 3. The molecule has 1 saturated heterocycles. The van der Waals surface area contributed by atoms with E-state index in [1.807, 2.05) is 6.33 Å². The van der Waals surface area contributed by atoms with Crippen LogP contribution < -0.4 is 5.73 Å². The summed E-state index contributed by atoms with van der Waals surface area (Å²) in [5.74, 6) is 0. The second-order valence-corrected chi connectivity index (χ2v) is 5.23. The first-order valence-corrected chi connectivity index (χ1v) is 6.07. The van der Waals surface area contributed by atoms with Gasteiger partial charge in [-0.3, -0.25) is 4.90 Å². The van der Waals surface area contributed by atoms with Gasteiger partial charge in [0, 0.05) is 31.4 Å². The summed E-state index contributed by atoms with van der Waals surface area (Å²) in [4.78, 5) is 6.95. The van der Waals surface area contributed by atoms with Crippen LogP contribution in [0.2, 0.25) is 0 Å². The van der Waals surface area contributed by atoms with E-state index in [2.05, 4.69) is 34.5 Å². The number of aromatic nitrogens is 2. The second-order valence-electron chi connectivity index (χ2n) is 5.23. The standard InChI is InChI=1S/C12H22N4/c1-12(2)4-3-6-16(12)9-11-8-15(7-5-13)10-14-11/h8,10H,3-7,9,13H2,1-2H3. The van der Waals surface area contributed by atoms with E-state index in [0.717, 1.165) is 18.8 Å². The van der Waals surface area contributed by atoms with Crippen molar-refractivity contribution in [3.63, 3.8) is 0 Å². The van der Waals surface area contributed by atoms with Gasteiger partial charge in [-0.25, -0.2) is 4.98 Å². The molecule has 0 amide bonds. The Bertz CT molecular complexity index is 343. The van der Waals surface area contributed by atoms with Gasteiger partial charge in [0.05, 0.1) is 12.0 Å². The van der Waals surface area contributed by atoms with Crippen LogP contribution in [-0.4, -0.2) is 33.1 Å². The van der Waals surface area contributed by atoms with Crippen molar-refractivity contribution in [1.29, 1.82) is 0 Å². The molecule has 0 radical (unpaired) electrons. The number of rotatable bonds is 4. The lowest BCUT2D eigenvalue weighted by Gasteiger charge is -2.30. The van der Waals surface area contributed by atoms with Gasteiger partial charge in [0.15, 0.2) is 0 Å². The van der Waals surface area contributed by atoms with Crippen LogP contribution in [0.5, 0.6) is 0 Å². The average molecular weight is 222 g/mol. The fourth-order valence-corrected chi connectivity index (χ4v) is 2.41. The van der Waals surface area contributed by atoms with Crippen molar-refractivity contribution in [2.75, 3.05) is 13.1 Å². The lowest BCUT2D eigenvalue weighted by Crippen LogP contribution is -2.37. The van der Waals surface area contributed by atoms with Gasteiger partial charge in [-0.2, -0.15) is 0 Å². The minimum Gasteiger partial charge on any atom is -0.336 e. The van der Waals surface area contributed by atoms with Gasteiger partial charge >= 0.3 is 0 Å². The molecule has 0 bridgehead atoms. The van der Waals surface area contributed by atoms with E-state index in [1.54, 1.807) is 0 Å². The lowest BCUT2D eigenvalue weighted by molar-refractivity contribution is 0.164. The highest BCUT2D eigenvalue weighted by molar-refractivity contribution is 5.00. The fraction of sp³-hybridized carbons (Fsp3) is 0.750. The highest BCUT2D eigenvalue weighted by Crippen LogP contribution is 2.29. The van der Waals surface area contributed by atoms with Gasteiger partial charge in [0.1, 0.15) is 0 Å². The summed E-state index contributed by atoms with van der Waals surface area (Å²) < 4.78 is 2.07. The smallest absolute Gasteiger partial charge is 0.0950 e. The maximum atomic E-state index is 5.52. The van der Waals surface area contributed by atoms with Gasteiger partial charge in [-0.1, -0.05) is 0 Å².